The average Bonchev–Trinajstić information content (AvgIpc) is 2.48. The number of carbonyl (C=O) groups excluding carboxylic acids is 1. The molecule has 2 aromatic rings. The number of nitro groups is 1. The summed E-state index contributed by atoms with van der Waals surface area (Å²) in [5.41, 5.74) is 0.178. The van der Waals surface area contributed by atoms with Crippen LogP contribution in [0.1, 0.15) is 5.56 Å². The molecular formula is C15H10ClFN2O3. The Kier molecular flexibility index (Phi) is 4.85. The van der Waals surface area contributed by atoms with Gasteiger partial charge < -0.3 is 5.32 Å². The molecule has 1 amide bonds. The minimum Gasteiger partial charge on any atom is -0.320 e. The molecule has 0 fully saturated rings. The van der Waals surface area contributed by atoms with Gasteiger partial charge in [-0.3, -0.25) is 14.9 Å². The predicted octanol–water partition coefficient (Wildman–Crippen LogP) is 4.04. The summed E-state index contributed by atoms with van der Waals surface area (Å²) in [5.74, 6) is -1.35. The average molecular weight is 321 g/mol. The fraction of sp³-hybridized carbons (Fsp3) is 0. The van der Waals surface area contributed by atoms with Gasteiger partial charge in [-0.1, -0.05) is 23.7 Å². The van der Waals surface area contributed by atoms with E-state index in [1.165, 1.54) is 12.2 Å². The van der Waals surface area contributed by atoms with Crippen LogP contribution in [0.3, 0.4) is 0 Å². The number of hydrogen-bond acceptors (Lipinski definition) is 3. The fourth-order valence-corrected chi connectivity index (χ4v) is 1.77. The first-order chi connectivity index (χ1) is 10.5. The molecule has 0 aliphatic rings. The van der Waals surface area contributed by atoms with Crippen molar-refractivity contribution in [3.05, 3.63) is 75.1 Å². The van der Waals surface area contributed by atoms with Crippen molar-refractivity contribution < 1.29 is 14.1 Å². The van der Waals surface area contributed by atoms with Crippen molar-refractivity contribution in [1.29, 1.82) is 0 Å². The lowest BCUT2D eigenvalue weighted by Gasteiger charge is -2.03. The van der Waals surface area contributed by atoms with E-state index >= 15 is 0 Å². The Morgan fingerprint density at radius 3 is 2.55 bits per heavy atom. The van der Waals surface area contributed by atoms with Crippen LogP contribution in [0.4, 0.5) is 15.8 Å². The van der Waals surface area contributed by atoms with E-state index in [2.05, 4.69) is 5.32 Å². The van der Waals surface area contributed by atoms with Crippen molar-refractivity contribution in [3.8, 4) is 0 Å². The van der Waals surface area contributed by atoms with Gasteiger partial charge in [0.1, 0.15) is 5.82 Å². The van der Waals surface area contributed by atoms with Gasteiger partial charge in [-0.15, -0.1) is 0 Å². The van der Waals surface area contributed by atoms with Crippen molar-refractivity contribution in [2.45, 2.75) is 0 Å². The minimum atomic E-state index is -0.751. The molecule has 0 unspecified atom stereocenters. The molecule has 0 spiro atoms. The third-order valence-electron chi connectivity index (χ3n) is 2.72. The van der Waals surface area contributed by atoms with Gasteiger partial charge in [0.15, 0.2) is 0 Å². The van der Waals surface area contributed by atoms with E-state index in [-0.39, 0.29) is 11.4 Å². The van der Waals surface area contributed by atoms with Crippen LogP contribution in [-0.4, -0.2) is 10.8 Å². The Morgan fingerprint density at radius 1 is 1.23 bits per heavy atom. The zero-order chi connectivity index (χ0) is 16.1. The van der Waals surface area contributed by atoms with E-state index in [4.69, 9.17) is 11.6 Å². The third kappa shape index (κ3) is 4.13. The normalized spacial score (nSPS) is 10.6. The van der Waals surface area contributed by atoms with E-state index in [0.717, 1.165) is 23.8 Å². The summed E-state index contributed by atoms with van der Waals surface area (Å²) in [7, 11) is 0. The summed E-state index contributed by atoms with van der Waals surface area (Å²) >= 11 is 5.74. The van der Waals surface area contributed by atoms with Crippen molar-refractivity contribution in [1.82, 2.24) is 0 Å². The first kappa shape index (κ1) is 15.7. The quantitative estimate of drug-likeness (QED) is 0.525. The van der Waals surface area contributed by atoms with Crippen molar-refractivity contribution in [2.24, 2.45) is 0 Å². The predicted molar refractivity (Wildman–Crippen MR) is 82.2 cm³/mol. The lowest BCUT2D eigenvalue weighted by Crippen LogP contribution is -2.09. The number of nitrogens with zero attached hydrogens (tertiary/aromatic N) is 1. The van der Waals surface area contributed by atoms with Crippen LogP contribution in [0.2, 0.25) is 5.02 Å². The maximum atomic E-state index is 13.5. The van der Waals surface area contributed by atoms with Crippen molar-refractivity contribution >= 4 is 35.0 Å². The maximum Gasteiger partial charge on any atom is 0.271 e. The molecule has 0 aromatic heterocycles. The Bertz CT molecular complexity index is 745. The zero-order valence-electron chi connectivity index (χ0n) is 11.1. The Balaban J connectivity index is 2.10. The molecule has 0 bridgehead atoms. The number of anilines is 1. The monoisotopic (exact) mass is 320 g/mol. The third-order valence-corrected chi connectivity index (χ3v) is 2.97. The molecule has 0 saturated carbocycles. The van der Waals surface area contributed by atoms with Crippen molar-refractivity contribution in [3.63, 3.8) is 0 Å². The molecule has 5 nitrogen and oxygen atoms in total. The second-order valence-electron chi connectivity index (χ2n) is 4.30. The molecule has 0 aliphatic heterocycles. The molecule has 0 heterocycles. The number of nitrogens with one attached hydrogen (secondary N) is 1. The van der Waals surface area contributed by atoms with Crippen LogP contribution in [-0.2, 0) is 4.79 Å². The zero-order valence-corrected chi connectivity index (χ0v) is 11.9. The van der Waals surface area contributed by atoms with Gasteiger partial charge in [0.25, 0.3) is 5.69 Å². The standard InChI is InChI=1S/C15H10ClFN2O3/c16-11-4-1-10(2-5-11)3-8-15(20)18-14-9-12(19(21)22)6-7-13(14)17/h1-9H,(H,18,20). The number of hydrogen-bond donors (Lipinski definition) is 1. The number of non-ortho nitro benzene ring substituents is 1. The number of rotatable bonds is 4. The first-order valence-corrected chi connectivity index (χ1v) is 6.52. The Labute approximate surface area is 130 Å². The van der Waals surface area contributed by atoms with Gasteiger partial charge >= 0.3 is 0 Å². The van der Waals surface area contributed by atoms with Crippen LogP contribution >= 0.6 is 11.6 Å². The summed E-state index contributed by atoms with van der Waals surface area (Å²) in [6, 6.07) is 9.66. The smallest absolute Gasteiger partial charge is 0.271 e. The number of benzene rings is 2. The summed E-state index contributed by atoms with van der Waals surface area (Å²) in [6.07, 6.45) is 2.71. The van der Waals surface area contributed by atoms with Crippen molar-refractivity contribution in [2.75, 3.05) is 5.32 Å². The van der Waals surface area contributed by atoms with Gasteiger partial charge in [-0.05, 0) is 29.8 Å². The lowest BCUT2D eigenvalue weighted by molar-refractivity contribution is -0.384. The van der Waals surface area contributed by atoms with Crippen LogP contribution in [0.25, 0.3) is 6.08 Å². The van der Waals surface area contributed by atoms with Gasteiger partial charge in [-0.25, -0.2) is 4.39 Å². The molecule has 0 saturated heterocycles. The van der Waals surface area contributed by atoms with Gasteiger partial charge in [0, 0.05) is 23.2 Å². The molecule has 7 heteroatoms. The molecular weight excluding hydrogens is 311 g/mol. The van der Waals surface area contributed by atoms with E-state index in [1.54, 1.807) is 24.3 Å². The number of carbonyl (C=O) groups is 1. The van der Waals surface area contributed by atoms with E-state index in [0.29, 0.717) is 5.02 Å². The number of amides is 1. The molecule has 2 aromatic carbocycles. The van der Waals surface area contributed by atoms with Crippen LogP contribution in [0, 0.1) is 15.9 Å². The molecule has 1 N–H and O–H groups in total. The van der Waals surface area contributed by atoms with Crippen LogP contribution in [0.5, 0.6) is 0 Å². The molecule has 0 radical (unpaired) electrons. The van der Waals surface area contributed by atoms with Gasteiger partial charge in [-0.2, -0.15) is 0 Å². The molecule has 0 aliphatic carbocycles. The fourth-order valence-electron chi connectivity index (χ4n) is 1.64. The highest BCUT2D eigenvalue weighted by Gasteiger charge is 2.11. The highest BCUT2D eigenvalue weighted by atomic mass is 35.5. The second kappa shape index (κ2) is 6.82. The van der Waals surface area contributed by atoms with E-state index in [1.807, 2.05) is 0 Å². The molecule has 2 rings (SSSR count). The summed E-state index contributed by atoms with van der Waals surface area (Å²) in [6.45, 7) is 0. The lowest BCUT2D eigenvalue weighted by atomic mass is 10.2. The van der Waals surface area contributed by atoms with Gasteiger partial charge in [0.2, 0.25) is 5.91 Å². The summed E-state index contributed by atoms with van der Waals surface area (Å²) in [4.78, 5) is 21.7. The highest BCUT2D eigenvalue weighted by Crippen LogP contribution is 2.21. The van der Waals surface area contributed by atoms with Gasteiger partial charge in [0.05, 0.1) is 10.6 Å². The largest absolute Gasteiger partial charge is 0.320 e. The number of nitro benzene ring substituents is 1. The summed E-state index contributed by atoms with van der Waals surface area (Å²) < 4.78 is 13.5. The Morgan fingerprint density at radius 2 is 1.91 bits per heavy atom. The van der Waals surface area contributed by atoms with Crippen LogP contribution < -0.4 is 5.32 Å². The van der Waals surface area contributed by atoms with E-state index in [9.17, 15) is 19.3 Å². The SMILES string of the molecule is O=C(C=Cc1ccc(Cl)cc1)Nc1cc([N+](=O)[O-])ccc1F. The van der Waals surface area contributed by atoms with E-state index < -0.39 is 16.6 Å². The minimum absolute atomic E-state index is 0.250. The molecule has 22 heavy (non-hydrogen) atoms. The second-order valence-corrected chi connectivity index (χ2v) is 4.73. The maximum absolute atomic E-state index is 13.5. The topological polar surface area (TPSA) is 72.2 Å². The first-order valence-electron chi connectivity index (χ1n) is 6.14. The summed E-state index contributed by atoms with van der Waals surface area (Å²) in [5, 5.41) is 13.5. The molecule has 0 atom stereocenters. The molecule has 112 valence electrons. The highest BCUT2D eigenvalue weighted by molar-refractivity contribution is 6.30. The Hall–Kier alpha value is -2.73. The number of halogens is 2. The van der Waals surface area contributed by atoms with Crippen LogP contribution in [0.15, 0.2) is 48.5 Å².